The molecular formula is C22H28N4O. The molecule has 1 aliphatic heterocycles. The van der Waals surface area contributed by atoms with Crippen molar-refractivity contribution >= 4 is 28.8 Å². The number of rotatable bonds is 5. The van der Waals surface area contributed by atoms with Crippen molar-refractivity contribution in [2.75, 3.05) is 28.6 Å². The maximum atomic E-state index is 12.0. The highest BCUT2D eigenvalue weighted by molar-refractivity contribution is 5.92. The van der Waals surface area contributed by atoms with Crippen LogP contribution in [0.5, 0.6) is 0 Å². The molecule has 2 fully saturated rings. The maximum absolute atomic E-state index is 12.0. The monoisotopic (exact) mass is 364 g/mol. The Balaban J connectivity index is 1.32. The molecule has 142 valence electrons. The molecule has 0 atom stereocenters. The first kappa shape index (κ1) is 17.8. The Labute approximate surface area is 161 Å². The Bertz CT molecular complexity index is 760. The average molecular weight is 364 g/mol. The zero-order valence-electron chi connectivity index (χ0n) is 15.9. The molecule has 0 unspecified atom stereocenters. The van der Waals surface area contributed by atoms with Gasteiger partial charge in [-0.05, 0) is 68.0 Å². The van der Waals surface area contributed by atoms with Crippen LogP contribution in [0.2, 0.25) is 0 Å². The number of aromatic nitrogens is 1. The summed E-state index contributed by atoms with van der Waals surface area (Å²) in [7, 11) is 0. The Kier molecular flexibility index (Phi) is 5.28. The highest BCUT2D eigenvalue weighted by atomic mass is 16.2. The summed E-state index contributed by atoms with van der Waals surface area (Å²) in [6.45, 7) is 4.63. The van der Waals surface area contributed by atoms with E-state index in [1.54, 1.807) is 6.20 Å². The third-order valence-electron chi connectivity index (χ3n) is 5.80. The minimum Gasteiger partial charge on any atom is -0.372 e. The van der Waals surface area contributed by atoms with E-state index in [9.17, 15) is 4.79 Å². The predicted molar refractivity (Wildman–Crippen MR) is 111 cm³/mol. The van der Waals surface area contributed by atoms with Gasteiger partial charge in [-0.1, -0.05) is 13.3 Å². The third kappa shape index (κ3) is 4.41. The minimum absolute atomic E-state index is 0.0946. The molecule has 1 saturated heterocycles. The Morgan fingerprint density at radius 2 is 1.70 bits per heavy atom. The lowest BCUT2D eigenvalue weighted by molar-refractivity contribution is -0.122. The fourth-order valence-electron chi connectivity index (χ4n) is 3.63. The van der Waals surface area contributed by atoms with Crippen LogP contribution in [-0.2, 0) is 4.79 Å². The second-order valence-corrected chi connectivity index (χ2v) is 7.89. The summed E-state index contributed by atoms with van der Waals surface area (Å²) >= 11 is 0. The zero-order valence-corrected chi connectivity index (χ0v) is 15.9. The molecule has 2 heterocycles. The summed E-state index contributed by atoms with van der Waals surface area (Å²) in [6, 6.07) is 12.4. The Morgan fingerprint density at radius 3 is 2.30 bits per heavy atom. The lowest BCUT2D eigenvalue weighted by Gasteiger charge is -2.32. The first-order valence-corrected chi connectivity index (χ1v) is 10.1. The number of nitrogens with one attached hydrogen (secondary N) is 2. The van der Waals surface area contributed by atoms with E-state index in [1.165, 1.54) is 18.5 Å². The molecule has 0 spiro atoms. The fraction of sp³-hybridized carbons (Fsp3) is 0.455. The van der Waals surface area contributed by atoms with Crippen molar-refractivity contribution in [1.29, 1.82) is 0 Å². The summed E-state index contributed by atoms with van der Waals surface area (Å²) in [4.78, 5) is 18.8. The highest BCUT2D eigenvalue weighted by Crippen LogP contribution is 2.28. The van der Waals surface area contributed by atoms with Gasteiger partial charge in [-0.2, -0.15) is 0 Å². The van der Waals surface area contributed by atoms with Crippen molar-refractivity contribution < 1.29 is 4.79 Å². The fourth-order valence-corrected chi connectivity index (χ4v) is 3.63. The topological polar surface area (TPSA) is 57.3 Å². The number of benzene rings is 1. The highest BCUT2D eigenvalue weighted by Gasteiger charge is 2.25. The van der Waals surface area contributed by atoms with Gasteiger partial charge in [0.1, 0.15) is 5.82 Å². The normalized spacial score (nSPS) is 18.0. The molecule has 1 aliphatic carbocycles. The van der Waals surface area contributed by atoms with E-state index in [4.69, 9.17) is 0 Å². The summed E-state index contributed by atoms with van der Waals surface area (Å²) in [5.74, 6) is 1.73. The van der Waals surface area contributed by atoms with Gasteiger partial charge in [-0.25, -0.2) is 4.98 Å². The SMILES string of the molecule is CC1CCN(c2ccc(Nc3ccc(NC(=O)C4CCC4)nc3)cc2)CC1. The number of carbonyl (C=O) groups is 1. The van der Waals surface area contributed by atoms with Crippen LogP contribution in [0.4, 0.5) is 22.9 Å². The van der Waals surface area contributed by atoms with Crippen LogP contribution in [-0.4, -0.2) is 24.0 Å². The number of anilines is 4. The van der Waals surface area contributed by atoms with Gasteiger partial charge in [0.05, 0.1) is 11.9 Å². The van der Waals surface area contributed by atoms with Gasteiger partial charge in [0.25, 0.3) is 0 Å². The van der Waals surface area contributed by atoms with E-state index in [0.717, 1.165) is 49.6 Å². The largest absolute Gasteiger partial charge is 0.372 e. The number of carbonyl (C=O) groups excluding carboxylic acids is 1. The molecule has 2 aliphatic rings. The number of nitrogens with zero attached hydrogens (tertiary/aromatic N) is 2. The molecule has 5 heteroatoms. The number of pyridine rings is 1. The quantitative estimate of drug-likeness (QED) is 0.800. The van der Waals surface area contributed by atoms with Crippen molar-refractivity contribution in [1.82, 2.24) is 4.98 Å². The molecule has 0 bridgehead atoms. The standard InChI is InChI=1S/C22H28N4O/c1-16-11-13-26(14-12-16)20-8-5-18(6-9-20)24-19-7-10-21(23-15-19)25-22(27)17-3-2-4-17/h5-10,15-17,24H,2-4,11-14H2,1H3,(H,23,25,27). The van der Waals surface area contributed by atoms with Crippen LogP contribution in [0.1, 0.15) is 39.0 Å². The second kappa shape index (κ2) is 7.99. The summed E-state index contributed by atoms with van der Waals surface area (Å²) < 4.78 is 0. The van der Waals surface area contributed by atoms with Gasteiger partial charge in [0.2, 0.25) is 5.91 Å². The summed E-state index contributed by atoms with van der Waals surface area (Å²) in [5, 5.41) is 6.27. The molecule has 1 saturated carbocycles. The molecule has 1 aromatic heterocycles. The van der Waals surface area contributed by atoms with Crippen molar-refractivity contribution in [2.45, 2.75) is 39.0 Å². The first-order valence-electron chi connectivity index (χ1n) is 10.1. The van der Waals surface area contributed by atoms with Gasteiger partial charge in [-0.3, -0.25) is 4.79 Å². The third-order valence-corrected chi connectivity index (χ3v) is 5.80. The lowest BCUT2D eigenvalue weighted by atomic mass is 9.85. The van der Waals surface area contributed by atoms with Crippen LogP contribution < -0.4 is 15.5 Å². The number of hydrogen-bond acceptors (Lipinski definition) is 4. The maximum Gasteiger partial charge on any atom is 0.228 e. The van der Waals surface area contributed by atoms with Gasteiger partial charge in [-0.15, -0.1) is 0 Å². The smallest absolute Gasteiger partial charge is 0.228 e. The Hall–Kier alpha value is -2.56. The number of hydrogen-bond donors (Lipinski definition) is 2. The molecule has 1 aromatic carbocycles. The van der Waals surface area contributed by atoms with E-state index < -0.39 is 0 Å². The van der Waals surface area contributed by atoms with Gasteiger partial charge >= 0.3 is 0 Å². The lowest BCUT2D eigenvalue weighted by Crippen LogP contribution is -2.32. The average Bonchev–Trinajstić information content (AvgIpc) is 2.63. The predicted octanol–water partition coefficient (Wildman–Crippen LogP) is 4.80. The van der Waals surface area contributed by atoms with Gasteiger partial charge in [0.15, 0.2) is 0 Å². The van der Waals surface area contributed by atoms with Crippen molar-refractivity contribution in [3.05, 3.63) is 42.6 Å². The van der Waals surface area contributed by atoms with E-state index in [-0.39, 0.29) is 11.8 Å². The Morgan fingerprint density at radius 1 is 1.00 bits per heavy atom. The summed E-state index contributed by atoms with van der Waals surface area (Å²) in [5.41, 5.74) is 3.24. The molecule has 0 radical (unpaired) electrons. The minimum atomic E-state index is 0.0946. The molecule has 4 rings (SSSR count). The summed E-state index contributed by atoms with van der Waals surface area (Å²) in [6.07, 6.45) is 7.46. The van der Waals surface area contributed by atoms with Crippen molar-refractivity contribution in [2.24, 2.45) is 11.8 Å². The van der Waals surface area contributed by atoms with Crippen LogP contribution >= 0.6 is 0 Å². The van der Waals surface area contributed by atoms with Crippen molar-refractivity contribution in [3.8, 4) is 0 Å². The molecule has 5 nitrogen and oxygen atoms in total. The second-order valence-electron chi connectivity index (χ2n) is 7.89. The molecule has 27 heavy (non-hydrogen) atoms. The van der Waals surface area contributed by atoms with E-state index in [2.05, 4.69) is 51.7 Å². The number of piperidine rings is 1. The van der Waals surface area contributed by atoms with Gasteiger partial charge in [0, 0.05) is 30.4 Å². The van der Waals surface area contributed by atoms with Crippen LogP contribution in [0.15, 0.2) is 42.6 Å². The molecule has 1 amide bonds. The van der Waals surface area contributed by atoms with E-state index in [0.29, 0.717) is 5.82 Å². The molecule has 2 N–H and O–H groups in total. The van der Waals surface area contributed by atoms with E-state index >= 15 is 0 Å². The van der Waals surface area contributed by atoms with Gasteiger partial charge < -0.3 is 15.5 Å². The van der Waals surface area contributed by atoms with E-state index in [1.807, 2.05) is 12.1 Å². The number of amides is 1. The molecular weight excluding hydrogens is 336 g/mol. The van der Waals surface area contributed by atoms with Crippen molar-refractivity contribution in [3.63, 3.8) is 0 Å². The van der Waals surface area contributed by atoms with Crippen LogP contribution in [0.3, 0.4) is 0 Å². The first-order chi connectivity index (χ1) is 13.2. The van der Waals surface area contributed by atoms with Crippen LogP contribution in [0.25, 0.3) is 0 Å². The zero-order chi connectivity index (χ0) is 18.6. The van der Waals surface area contributed by atoms with Crippen LogP contribution in [0, 0.1) is 11.8 Å². The molecule has 2 aromatic rings.